The number of hydrogen-bond acceptors (Lipinski definition) is 6. The summed E-state index contributed by atoms with van der Waals surface area (Å²) in [4.78, 5) is 6.29. The summed E-state index contributed by atoms with van der Waals surface area (Å²) in [6.07, 6.45) is 0.718. The Morgan fingerprint density at radius 3 is 2.76 bits per heavy atom. The maximum Gasteiger partial charge on any atom is 0.227 e. The number of rotatable bonds is 7. The van der Waals surface area contributed by atoms with Gasteiger partial charge in [-0.25, -0.2) is 0 Å². The van der Waals surface area contributed by atoms with Gasteiger partial charge in [-0.1, -0.05) is 12.1 Å². The lowest BCUT2D eigenvalue weighted by atomic mass is 10.1. The third kappa shape index (κ3) is 4.80. The molecule has 6 heteroatoms. The van der Waals surface area contributed by atoms with Crippen LogP contribution in [-0.2, 0) is 11.2 Å². The molecule has 17 heavy (non-hydrogen) atoms. The van der Waals surface area contributed by atoms with E-state index in [1.54, 1.807) is 7.11 Å². The van der Waals surface area contributed by atoms with Crippen LogP contribution in [0.15, 0.2) is 4.52 Å². The van der Waals surface area contributed by atoms with E-state index in [4.69, 9.17) is 15.0 Å². The number of nitrogens with zero attached hydrogens (tertiary/aromatic N) is 3. The summed E-state index contributed by atoms with van der Waals surface area (Å²) in [5.41, 5.74) is 5.95. The molecule has 0 aliphatic heterocycles. The molecule has 6 nitrogen and oxygen atoms in total. The number of likely N-dealkylation sites (N-methyl/N-ethyl adjacent to an activating group) is 1. The predicted octanol–water partition coefficient (Wildman–Crippen LogP) is 0.456. The van der Waals surface area contributed by atoms with E-state index < -0.39 is 0 Å². The first kappa shape index (κ1) is 14.1. The second-order valence-electron chi connectivity index (χ2n) is 4.68. The number of hydrogen-bond donors (Lipinski definition) is 1. The van der Waals surface area contributed by atoms with Crippen LogP contribution in [0.5, 0.6) is 0 Å². The molecule has 1 aromatic heterocycles. The Balaban J connectivity index is 2.52. The van der Waals surface area contributed by atoms with Gasteiger partial charge in [-0.3, -0.25) is 0 Å². The van der Waals surface area contributed by atoms with Crippen LogP contribution >= 0.6 is 0 Å². The number of aromatic nitrogens is 2. The Kier molecular flexibility index (Phi) is 5.54. The van der Waals surface area contributed by atoms with Crippen molar-refractivity contribution in [2.75, 3.05) is 34.4 Å². The fourth-order valence-corrected chi connectivity index (χ4v) is 1.62. The first-order valence-electron chi connectivity index (χ1n) is 5.74. The van der Waals surface area contributed by atoms with Crippen LogP contribution in [0.2, 0.25) is 0 Å². The Bertz CT molecular complexity index is 327. The minimum absolute atomic E-state index is 0.208. The van der Waals surface area contributed by atoms with E-state index >= 15 is 0 Å². The zero-order chi connectivity index (χ0) is 12.8. The maximum absolute atomic E-state index is 5.95. The minimum atomic E-state index is -0.208. The summed E-state index contributed by atoms with van der Waals surface area (Å²) >= 11 is 0. The average Bonchev–Trinajstić information content (AvgIpc) is 2.65. The average molecular weight is 242 g/mol. The van der Waals surface area contributed by atoms with Gasteiger partial charge >= 0.3 is 0 Å². The maximum atomic E-state index is 5.95. The van der Waals surface area contributed by atoms with Gasteiger partial charge in [0.15, 0.2) is 5.82 Å². The van der Waals surface area contributed by atoms with Gasteiger partial charge < -0.3 is 19.9 Å². The molecular formula is C11H22N4O2. The second-order valence-corrected chi connectivity index (χ2v) is 4.68. The van der Waals surface area contributed by atoms with Gasteiger partial charge in [0.1, 0.15) is 0 Å². The molecule has 0 aliphatic carbocycles. The molecule has 0 fully saturated rings. The molecule has 0 saturated carbocycles. The molecular weight excluding hydrogens is 220 g/mol. The van der Waals surface area contributed by atoms with Gasteiger partial charge in [-0.2, -0.15) is 4.98 Å². The predicted molar refractivity (Wildman–Crippen MR) is 64.5 cm³/mol. The Labute approximate surface area is 102 Å². The normalized spacial score (nSPS) is 15.2. The van der Waals surface area contributed by atoms with Crippen LogP contribution in [0, 0.1) is 5.92 Å². The Morgan fingerprint density at radius 2 is 2.18 bits per heavy atom. The third-order valence-electron chi connectivity index (χ3n) is 2.35. The topological polar surface area (TPSA) is 77.4 Å². The highest BCUT2D eigenvalue weighted by Gasteiger charge is 2.16. The van der Waals surface area contributed by atoms with Crippen LogP contribution in [-0.4, -0.2) is 49.4 Å². The van der Waals surface area contributed by atoms with E-state index in [2.05, 4.69) is 17.1 Å². The lowest BCUT2D eigenvalue weighted by Crippen LogP contribution is -2.26. The second kappa shape index (κ2) is 6.68. The molecule has 1 heterocycles. The summed E-state index contributed by atoms with van der Waals surface area (Å²) in [6.45, 7) is 3.46. The van der Waals surface area contributed by atoms with Crippen molar-refractivity contribution < 1.29 is 9.26 Å². The number of ether oxygens (including phenoxy) is 1. The molecule has 0 bridgehead atoms. The monoisotopic (exact) mass is 242 g/mol. The van der Waals surface area contributed by atoms with Gasteiger partial charge in [0.05, 0.1) is 6.04 Å². The lowest BCUT2D eigenvalue weighted by molar-refractivity contribution is 0.155. The molecule has 0 aromatic carbocycles. The molecule has 0 aliphatic rings. The highest BCUT2D eigenvalue weighted by atomic mass is 16.5. The van der Waals surface area contributed by atoms with E-state index in [0.717, 1.165) is 6.42 Å². The third-order valence-corrected chi connectivity index (χ3v) is 2.35. The standard InChI is InChI=1S/C11H22N4O2/c1-8(7-16-4)5-10-13-11(14-17-10)9(12)6-15(2)3/h8-9H,5-7,12H2,1-4H3. The molecule has 2 N–H and O–H groups in total. The molecule has 0 saturated heterocycles. The molecule has 0 amide bonds. The van der Waals surface area contributed by atoms with Crippen molar-refractivity contribution in [3.63, 3.8) is 0 Å². The largest absolute Gasteiger partial charge is 0.384 e. The van der Waals surface area contributed by atoms with Gasteiger partial charge in [-0.05, 0) is 20.0 Å². The SMILES string of the molecule is COCC(C)Cc1nc(C(N)CN(C)C)no1. The lowest BCUT2D eigenvalue weighted by Gasteiger charge is -2.12. The van der Waals surface area contributed by atoms with Crippen LogP contribution in [0.3, 0.4) is 0 Å². The fourth-order valence-electron chi connectivity index (χ4n) is 1.62. The van der Waals surface area contributed by atoms with Crippen LogP contribution in [0.25, 0.3) is 0 Å². The van der Waals surface area contributed by atoms with Crippen LogP contribution < -0.4 is 5.73 Å². The first-order valence-corrected chi connectivity index (χ1v) is 5.74. The molecule has 0 spiro atoms. The number of nitrogens with two attached hydrogens (primary N) is 1. The van der Waals surface area contributed by atoms with Gasteiger partial charge in [0, 0.05) is 26.7 Å². The Hall–Kier alpha value is -0.980. The first-order chi connectivity index (χ1) is 8.02. The summed E-state index contributed by atoms with van der Waals surface area (Å²) in [6, 6.07) is -0.208. The van der Waals surface area contributed by atoms with Crippen molar-refractivity contribution in [1.82, 2.24) is 15.0 Å². The smallest absolute Gasteiger partial charge is 0.227 e. The fraction of sp³-hybridized carbons (Fsp3) is 0.818. The van der Waals surface area contributed by atoms with E-state index in [1.165, 1.54) is 0 Å². The number of methoxy groups -OCH3 is 1. The van der Waals surface area contributed by atoms with E-state index in [-0.39, 0.29) is 6.04 Å². The van der Waals surface area contributed by atoms with Crippen molar-refractivity contribution in [2.45, 2.75) is 19.4 Å². The highest BCUT2D eigenvalue weighted by molar-refractivity contribution is 4.94. The van der Waals surface area contributed by atoms with Gasteiger partial charge in [-0.15, -0.1) is 0 Å². The summed E-state index contributed by atoms with van der Waals surface area (Å²) < 4.78 is 10.2. The molecule has 2 unspecified atom stereocenters. The summed E-state index contributed by atoms with van der Waals surface area (Å²) in [7, 11) is 5.60. The van der Waals surface area contributed by atoms with Crippen molar-refractivity contribution in [3.05, 3.63) is 11.7 Å². The van der Waals surface area contributed by atoms with Gasteiger partial charge in [0.2, 0.25) is 5.89 Å². The summed E-state index contributed by atoms with van der Waals surface area (Å²) in [5.74, 6) is 1.55. The zero-order valence-corrected chi connectivity index (χ0v) is 11.0. The summed E-state index contributed by atoms with van der Waals surface area (Å²) in [5, 5.41) is 3.90. The van der Waals surface area contributed by atoms with Gasteiger partial charge in [0.25, 0.3) is 0 Å². The van der Waals surface area contributed by atoms with E-state index in [1.807, 2.05) is 19.0 Å². The molecule has 1 aromatic rings. The van der Waals surface area contributed by atoms with E-state index in [9.17, 15) is 0 Å². The van der Waals surface area contributed by atoms with Crippen molar-refractivity contribution in [1.29, 1.82) is 0 Å². The highest BCUT2D eigenvalue weighted by Crippen LogP contribution is 2.11. The van der Waals surface area contributed by atoms with E-state index in [0.29, 0.717) is 30.8 Å². The molecule has 1 rings (SSSR count). The quantitative estimate of drug-likeness (QED) is 0.748. The van der Waals surface area contributed by atoms with Crippen molar-refractivity contribution in [2.24, 2.45) is 11.7 Å². The van der Waals surface area contributed by atoms with Crippen molar-refractivity contribution >= 4 is 0 Å². The minimum Gasteiger partial charge on any atom is -0.384 e. The zero-order valence-electron chi connectivity index (χ0n) is 11.0. The molecule has 98 valence electrons. The van der Waals surface area contributed by atoms with Crippen molar-refractivity contribution in [3.8, 4) is 0 Å². The van der Waals surface area contributed by atoms with Crippen LogP contribution in [0.1, 0.15) is 24.7 Å². The Morgan fingerprint density at radius 1 is 1.47 bits per heavy atom. The molecule has 2 atom stereocenters. The van der Waals surface area contributed by atoms with Crippen LogP contribution in [0.4, 0.5) is 0 Å². The molecule has 0 radical (unpaired) electrons.